The van der Waals surface area contributed by atoms with Crippen molar-refractivity contribution in [2.75, 3.05) is 5.32 Å². The molecule has 1 aliphatic heterocycles. The Hall–Kier alpha value is -4.84. The van der Waals surface area contributed by atoms with E-state index in [9.17, 15) is 20.0 Å². The van der Waals surface area contributed by atoms with Gasteiger partial charge in [-0.1, -0.05) is 22.9 Å². The van der Waals surface area contributed by atoms with Gasteiger partial charge in [-0.25, -0.2) is 9.78 Å². The molecule has 1 amide bonds. The fourth-order valence-corrected chi connectivity index (χ4v) is 3.33. The second-order valence-corrected chi connectivity index (χ2v) is 7.28. The average Bonchev–Trinajstić information content (AvgIpc) is 3.30. The summed E-state index contributed by atoms with van der Waals surface area (Å²) >= 11 is 0. The van der Waals surface area contributed by atoms with Crippen molar-refractivity contribution in [1.82, 2.24) is 4.98 Å². The Bertz CT molecular complexity index is 1400. The second-order valence-electron chi connectivity index (χ2n) is 7.28. The number of anilines is 1. The van der Waals surface area contributed by atoms with Crippen LogP contribution in [0.25, 0.3) is 11.1 Å². The van der Waals surface area contributed by atoms with Crippen LogP contribution in [0.4, 0.5) is 11.5 Å². The number of hydrogen-bond donors (Lipinski definition) is 3. The minimum absolute atomic E-state index is 0.175. The summed E-state index contributed by atoms with van der Waals surface area (Å²) in [6, 6.07) is 16.9. The quantitative estimate of drug-likeness (QED) is 0.520. The van der Waals surface area contributed by atoms with Crippen LogP contribution >= 0.6 is 0 Å². The molecule has 3 N–H and O–H groups in total. The number of nitrogens with zero attached hydrogens (tertiary/aromatic N) is 4. The van der Waals surface area contributed by atoms with Crippen LogP contribution in [0.5, 0.6) is 5.75 Å². The number of carbonyl (C=O) groups is 2. The Balaban J connectivity index is 1.56. The number of carboxylic acids is 1. The number of hydrazone groups is 1. The minimum atomic E-state index is -1.21. The molecule has 0 fully saturated rings. The van der Waals surface area contributed by atoms with E-state index in [0.29, 0.717) is 16.9 Å². The number of amides is 1. The molecular formula is C24H18N5O4+. The van der Waals surface area contributed by atoms with E-state index in [1.54, 1.807) is 42.1 Å². The Morgan fingerprint density at radius 3 is 2.64 bits per heavy atom. The van der Waals surface area contributed by atoms with Crippen molar-refractivity contribution in [1.29, 1.82) is 5.26 Å². The number of nitriles is 1. The van der Waals surface area contributed by atoms with Crippen LogP contribution in [0.15, 0.2) is 59.7 Å². The normalized spacial score (nSPS) is 12.5. The van der Waals surface area contributed by atoms with Crippen LogP contribution in [-0.2, 0) is 4.79 Å². The minimum Gasteiger partial charge on any atom is -0.507 e. The zero-order valence-electron chi connectivity index (χ0n) is 17.5. The average molecular weight is 440 g/mol. The molecular weight excluding hydrogens is 422 g/mol. The van der Waals surface area contributed by atoms with Crippen molar-refractivity contribution < 1.29 is 24.5 Å². The summed E-state index contributed by atoms with van der Waals surface area (Å²) in [5.41, 5.74) is 3.08. The zero-order chi connectivity index (χ0) is 23.5. The highest BCUT2D eigenvalue weighted by Gasteiger charge is 2.25. The standard InChI is InChI=1S/C24H17N5O4/c1-14-5-6-17(13-25)22(26-14)27-23(31)20-9-10-29(28-20)18-4-2-3-15(11-18)16-7-8-19(24(32)33)21(30)12-16/h2-8,10-12H,9H2,1H3,(H2-,26,27,30,31,32,33)/p+1. The maximum Gasteiger partial charge on any atom is 0.339 e. The van der Waals surface area contributed by atoms with Crippen molar-refractivity contribution in [2.45, 2.75) is 13.3 Å². The van der Waals surface area contributed by atoms with Gasteiger partial charge in [-0.3, -0.25) is 4.79 Å². The summed E-state index contributed by atoms with van der Waals surface area (Å²) in [7, 11) is 0. The third kappa shape index (κ3) is 4.45. The van der Waals surface area contributed by atoms with Gasteiger partial charge in [0, 0.05) is 22.9 Å². The van der Waals surface area contributed by atoms with E-state index < -0.39 is 11.9 Å². The number of aryl methyl sites for hydroxylation is 1. The van der Waals surface area contributed by atoms with Gasteiger partial charge in [0.15, 0.2) is 17.7 Å². The van der Waals surface area contributed by atoms with E-state index in [1.807, 2.05) is 24.3 Å². The lowest BCUT2D eigenvalue weighted by Gasteiger charge is -2.05. The molecule has 162 valence electrons. The van der Waals surface area contributed by atoms with Gasteiger partial charge in [-0.2, -0.15) is 5.26 Å². The van der Waals surface area contributed by atoms with Gasteiger partial charge in [0.2, 0.25) is 5.69 Å². The maximum absolute atomic E-state index is 12.7. The number of carbonyl (C=O) groups excluding carboxylic acids is 1. The summed E-state index contributed by atoms with van der Waals surface area (Å²) in [5.74, 6) is -1.79. The predicted octanol–water partition coefficient (Wildman–Crippen LogP) is 3.45. The van der Waals surface area contributed by atoms with Crippen LogP contribution in [0, 0.1) is 18.3 Å². The largest absolute Gasteiger partial charge is 0.507 e. The summed E-state index contributed by atoms with van der Waals surface area (Å²) in [6.07, 6.45) is 2.03. The molecule has 1 aromatic heterocycles. The number of phenols is 1. The highest BCUT2D eigenvalue weighted by molar-refractivity contribution is 6.45. The second kappa shape index (κ2) is 8.72. The number of benzene rings is 2. The van der Waals surface area contributed by atoms with Crippen molar-refractivity contribution in [3.8, 4) is 22.9 Å². The van der Waals surface area contributed by atoms with Crippen molar-refractivity contribution in [3.05, 3.63) is 71.4 Å². The lowest BCUT2D eigenvalue weighted by molar-refractivity contribution is -0.437. The number of pyridine rings is 1. The SMILES string of the molecule is Cc1ccc(C#N)c(NC(=O)C2=N[N+](c3cccc(-c4ccc(C(=O)O)c(O)c4)c3)=CC2)n1. The first kappa shape index (κ1) is 21.4. The number of aromatic carboxylic acids is 1. The number of aromatic nitrogens is 1. The number of rotatable bonds is 5. The molecule has 9 nitrogen and oxygen atoms in total. The highest BCUT2D eigenvalue weighted by Crippen LogP contribution is 2.29. The van der Waals surface area contributed by atoms with Crippen LogP contribution < -0.4 is 5.32 Å². The Morgan fingerprint density at radius 2 is 1.91 bits per heavy atom. The smallest absolute Gasteiger partial charge is 0.339 e. The molecule has 9 heteroatoms. The molecule has 0 unspecified atom stereocenters. The van der Waals surface area contributed by atoms with E-state index in [0.717, 1.165) is 5.56 Å². The van der Waals surface area contributed by atoms with Crippen LogP contribution in [0.2, 0.25) is 0 Å². The summed E-state index contributed by atoms with van der Waals surface area (Å²) in [4.78, 5) is 28.0. The molecule has 0 radical (unpaired) electrons. The van der Waals surface area contributed by atoms with E-state index in [-0.39, 0.29) is 34.8 Å². The maximum atomic E-state index is 12.7. The van der Waals surface area contributed by atoms with E-state index in [2.05, 4.69) is 15.4 Å². The zero-order valence-corrected chi connectivity index (χ0v) is 17.5. The first-order valence-electron chi connectivity index (χ1n) is 9.91. The molecule has 3 aromatic rings. The van der Waals surface area contributed by atoms with Crippen molar-refractivity contribution in [2.24, 2.45) is 5.10 Å². The van der Waals surface area contributed by atoms with Crippen LogP contribution in [0.3, 0.4) is 0 Å². The molecule has 0 bridgehead atoms. The lowest BCUT2D eigenvalue weighted by Crippen LogP contribution is -2.23. The first-order chi connectivity index (χ1) is 15.9. The molecule has 33 heavy (non-hydrogen) atoms. The molecule has 1 aliphatic rings. The molecule has 0 spiro atoms. The van der Waals surface area contributed by atoms with Gasteiger partial charge in [0.05, 0.1) is 12.0 Å². The molecule has 0 saturated heterocycles. The highest BCUT2D eigenvalue weighted by atomic mass is 16.4. The number of nitrogens with one attached hydrogen (secondary N) is 1. The fourth-order valence-electron chi connectivity index (χ4n) is 3.33. The van der Waals surface area contributed by atoms with Crippen molar-refractivity contribution in [3.63, 3.8) is 0 Å². The van der Waals surface area contributed by atoms with Crippen molar-refractivity contribution >= 4 is 35.3 Å². The Morgan fingerprint density at radius 1 is 1.12 bits per heavy atom. The van der Waals surface area contributed by atoms with E-state index >= 15 is 0 Å². The molecule has 0 aliphatic carbocycles. The fraction of sp³-hybridized carbons (Fsp3) is 0.0833. The third-order valence-electron chi connectivity index (χ3n) is 5.01. The number of aromatic hydroxyl groups is 1. The van der Waals surface area contributed by atoms with Gasteiger partial charge in [0.25, 0.3) is 5.91 Å². The van der Waals surface area contributed by atoms with Crippen LogP contribution in [0.1, 0.15) is 28.0 Å². The van der Waals surface area contributed by atoms with Gasteiger partial charge >= 0.3 is 5.97 Å². The van der Waals surface area contributed by atoms with E-state index in [1.165, 1.54) is 12.1 Å². The molecule has 0 saturated carbocycles. The van der Waals surface area contributed by atoms with Gasteiger partial charge in [-0.05, 0) is 42.3 Å². The predicted molar refractivity (Wildman–Crippen MR) is 121 cm³/mol. The molecule has 0 atom stereocenters. The molecule has 2 heterocycles. The topological polar surface area (TPSA) is 139 Å². The Kier molecular flexibility index (Phi) is 5.66. The first-order valence-corrected chi connectivity index (χ1v) is 9.91. The van der Waals surface area contributed by atoms with Crippen LogP contribution in [-0.4, -0.2) is 43.7 Å². The monoisotopic (exact) mass is 440 g/mol. The Labute approximate surface area is 188 Å². The summed E-state index contributed by atoms with van der Waals surface area (Å²) in [6.45, 7) is 1.77. The molecule has 2 aromatic carbocycles. The molecule has 4 rings (SSSR count). The number of hydrogen-bond acceptors (Lipinski definition) is 6. The van der Waals surface area contributed by atoms with Gasteiger partial charge in [-0.15, -0.1) is 0 Å². The number of carboxylic acid groups (broad SMARTS) is 1. The summed E-state index contributed by atoms with van der Waals surface area (Å²) in [5, 5.41) is 35.3. The third-order valence-corrected chi connectivity index (χ3v) is 5.01. The van der Waals surface area contributed by atoms with Gasteiger partial charge in [0.1, 0.15) is 17.4 Å². The lowest BCUT2D eigenvalue weighted by atomic mass is 10.0. The van der Waals surface area contributed by atoms with E-state index in [4.69, 9.17) is 5.11 Å². The van der Waals surface area contributed by atoms with Gasteiger partial charge < -0.3 is 15.5 Å². The summed E-state index contributed by atoms with van der Waals surface area (Å²) < 4.78 is 1.57.